The van der Waals surface area contributed by atoms with E-state index in [-0.39, 0.29) is 6.10 Å². The van der Waals surface area contributed by atoms with Gasteiger partial charge in [0.15, 0.2) is 0 Å². The van der Waals surface area contributed by atoms with Crippen LogP contribution in [0.2, 0.25) is 0 Å². The Morgan fingerprint density at radius 3 is 2.88 bits per heavy atom. The van der Waals surface area contributed by atoms with Crippen LogP contribution in [-0.4, -0.2) is 22.2 Å². The second kappa shape index (κ2) is 2.91. The summed E-state index contributed by atoms with van der Waals surface area (Å²) >= 11 is 1.68. The third-order valence-corrected chi connectivity index (χ3v) is 2.22. The summed E-state index contributed by atoms with van der Waals surface area (Å²) in [6, 6.07) is 0. The van der Waals surface area contributed by atoms with Crippen LogP contribution >= 0.6 is 15.9 Å². The van der Waals surface area contributed by atoms with Crippen LogP contribution in [0, 0.1) is 0 Å². The molecule has 0 aromatic heterocycles. The molecule has 0 radical (unpaired) electrons. The molecule has 2 atom stereocenters. The molecular weight excluding hydrogens is 196 g/mol. The van der Waals surface area contributed by atoms with Gasteiger partial charge in [-0.25, -0.2) is 0 Å². The van der Waals surface area contributed by atoms with Crippen molar-refractivity contribution in [2.24, 2.45) is 0 Å². The Labute approximate surface area is 58.4 Å². The fourth-order valence-electron chi connectivity index (χ4n) is 0.368. The summed E-state index contributed by atoms with van der Waals surface area (Å²) in [5.41, 5.74) is 0. The molecule has 1 saturated heterocycles. The maximum absolute atomic E-state index is 10.3. The predicted molar refractivity (Wildman–Crippen MR) is 32.8 cm³/mol. The molecule has 1 fully saturated rings. The van der Waals surface area contributed by atoms with Gasteiger partial charge >= 0.3 is 11.4 Å². The van der Waals surface area contributed by atoms with Crippen LogP contribution in [0.15, 0.2) is 0 Å². The summed E-state index contributed by atoms with van der Waals surface area (Å²) in [6.07, 6.45) is -0.0316. The SMILES string of the molecule is O=S1OCC(CBr)O1. The van der Waals surface area contributed by atoms with Gasteiger partial charge in [-0.05, 0) is 0 Å². The van der Waals surface area contributed by atoms with Crippen molar-refractivity contribution in [3.05, 3.63) is 0 Å². The standard InChI is InChI=1S/C3H5BrO3S/c4-1-3-2-6-8(5)7-3/h3H,1-2H2. The van der Waals surface area contributed by atoms with Crippen molar-refractivity contribution in [3.63, 3.8) is 0 Å². The molecule has 0 saturated carbocycles. The molecule has 0 N–H and O–H groups in total. The van der Waals surface area contributed by atoms with E-state index in [0.717, 1.165) is 0 Å². The van der Waals surface area contributed by atoms with E-state index in [1.807, 2.05) is 0 Å². The van der Waals surface area contributed by atoms with Gasteiger partial charge in [0.2, 0.25) is 0 Å². The smallest absolute Gasteiger partial charge is 0.266 e. The van der Waals surface area contributed by atoms with Gasteiger partial charge < -0.3 is 0 Å². The van der Waals surface area contributed by atoms with Gasteiger partial charge in [-0.1, -0.05) is 15.9 Å². The van der Waals surface area contributed by atoms with Gasteiger partial charge in [0.1, 0.15) is 6.10 Å². The molecule has 2 unspecified atom stereocenters. The zero-order valence-electron chi connectivity index (χ0n) is 4.00. The number of hydrogen-bond acceptors (Lipinski definition) is 3. The van der Waals surface area contributed by atoms with Crippen LogP contribution in [0.25, 0.3) is 0 Å². The average molecular weight is 201 g/mol. The van der Waals surface area contributed by atoms with E-state index < -0.39 is 11.4 Å². The third-order valence-electron chi connectivity index (χ3n) is 0.737. The first-order chi connectivity index (χ1) is 3.83. The third kappa shape index (κ3) is 1.51. The fraction of sp³-hybridized carbons (Fsp3) is 1.00. The van der Waals surface area contributed by atoms with Gasteiger partial charge in [0.25, 0.3) is 0 Å². The minimum Gasteiger partial charge on any atom is -0.266 e. The molecule has 5 heteroatoms. The van der Waals surface area contributed by atoms with E-state index in [1.54, 1.807) is 0 Å². The summed E-state index contributed by atoms with van der Waals surface area (Å²) < 4.78 is 19.5. The van der Waals surface area contributed by atoms with Crippen molar-refractivity contribution in [3.8, 4) is 0 Å². The summed E-state index contributed by atoms with van der Waals surface area (Å²) in [5.74, 6) is 0. The van der Waals surface area contributed by atoms with Crippen LogP contribution in [0.5, 0.6) is 0 Å². The molecule has 48 valence electrons. The highest BCUT2D eigenvalue weighted by molar-refractivity contribution is 9.09. The van der Waals surface area contributed by atoms with Crippen LogP contribution < -0.4 is 0 Å². The summed E-state index contributed by atoms with van der Waals surface area (Å²) in [7, 11) is 0. The fourth-order valence-corrected chi connectivity index (χ4v) is 1.53. The van der Waals surface area contributed by atoms with E-state index >= 15 is 0 Å². The van der Waals surface area contributed by atoms with Gasteiger partial charge in [-0.3, -0.25) is 8.37 Å². The van der Waals surface area contributed by atoms with Gasteiger partial charge in [0.05, 0.1) is 6.61 Å². The topological polar surface area (TPSA) is 35.5 Å². The Morgan fingerprint density at radius 2 is 2.62 bits per heavy atom. The molecular formula is C3H5BrO3S. The monoisotopic (exact) mass is 200 g/mol. The van der Waals surface area contributed by atoms with E-state index in [0.29, 0.717) is 11.9 Å². The molecule has 0 aliphatic carbocycles. The second-order valence-electron chi connectivity index (χ2n) is 1.36. The molecule has 0 aromatic carbocycles. The summed E-state index contributed by atoms with van der Waals surface area (Å²) in [5, 5.41) is 0.679. The molecule has 1 heterocycles. The lowest BCUT2D eigenvalue weighted by molar-refractivity contribution is 0.268. The molecule has 0 amide bonds. The lowest BCUT2D eigenvalue weighted by Gasteiger charge is -1.94. The Bertz CT molecular complexity index is 107. The first-order valence-corrected chi connectivity index (χ1v) is 4.23. The number of rotatable bonds is 1. The van der Waals surface area contributed by atoms with E-state index in [1.165, 1.54) is 0 Å². The van der Waals surface area contributed by atoms with E-state index in [9.17, 15) is 4.21 Å². The van der Waals surface area contributed by atoms with Gasteiger partial charge in [-0.2, -0.15) is 4.21 Å². The minimum absolute atomic E-state index is 0.0316. The van der Waals surface area contributed by atoms with Crippen LogP contribution in [0.3, 0.4) is 0 Å². The Hall–Kier alpha value is 0.550. The Kier molecular flexibility index (Phi) is 2.43. The molecule has 1 aliphatic rings. The molecule has 0 aromatic rings. The predicted octanol–water partition coefficient (Wildman–Crippen LogP) is 0.375. The van der Waals surface area contributed by atoms with Gasteiger partial charge in [0, 0.05) is 5.33 Å². The number of halogens is 1. The first kappa shape index (κ1) is 6.67. The Morgan fingerprint density at radius 1 is 1.88 bits per heavy atom. The largest absolute Gasteiger partial charge is 0.305 e. The zero-order chi connectivity index (χ0) is 5.98. The van der Waals surface area contributed by atoms with Crippen molar-refractivity contribution in [2.45, 2.75) is 6.10 Å². The molecule has 0 spiro atoms. The highest BCUT2D eigenvalue weighted by atomic mass is 79.9. The zero-order valence-corrected chi connectivity index (χ0v) is 6.41. The normalized spacial score (nSPS) is 38.1. The van der Waals surface area contributed by atoms with E-state index in [4.69, 9.17) is 4.18 Å². The average Bonchev–Trinajstić information content (AvgIpc) is 2.14. The first-order valence-electron chi connectivity index (χ1n) is 2.11. The lowest BCUT2D eigenvalue weighted by atomic mass is 10.5. The lowest BCUT2D eigenvalue weighted by Crippen LogP contribution is -2.09. The highest BCUT2D eigenvalue weighted by Gasteiger charge is 2.21. The van der Waals surface area contributed by atoms with Crippen LogP contribution in [-0.2, 0) is 19.7 Å². The summed E-state index contributed by atoms with van der Waals surface area (Å²) in [6.45, 7) is 0.428. The minimum atomic E-state index is -1.48. The van der Waals surface area contributed by atoms with Crippen LogP contribution in [0.1, 0.15) is 0 Å². The van der Waals surface area contributed by atoms with Crippen molar-refractivity contribution < 1.29 is 12.6 Å². The van der Waals surface area contributed by atoms with Crippen molar-refractivity contribution in [2.75, 3.05) is 11.9 Å². The second-order valence-corrected chi connectivity index (χ2v) is 2.85. The number of alkyl halides is 1. The van der Waals surface area contributed by atoms with Crippen molar-refractivity contribution in [1.82, 2.24) is 0 Å². The summed E-state index contributed by atoms with van der Waals surface area (Å²) in [4.78, 5) is 0. The molecule has 1 aliphatic heterocycles. The van der Waals surface area contributed by atoms with E-state index in [2.05, 4.69) is 20.1 Å². The maximum Gasteiger partial charge on any atom is 0.305 e. The Balaban J connectivity index is 2.32. The van der Waals surface area contributed by atoms with Crippen molar-refractivity contribution >= 4 is 27.3 Å². The van der Waals surface area contributed by atoms with Crippen molar-refractivity contribution in [1.29, 1.82) is 0 Å². The molecule has 1 rings (SSSR count). The highest BCUT2D eigenvalue weighted by Crippen LogP contribution is 2.09. The van der Waals surface area contributed by atoms with Gasteiger partial charge in [-0.15, -0.1) is 0 Å². The molecule has 8 heavy (non-hydrogen) atoms. The quantitative estimate of drug-likeness (QED) is 0.575. The number of hydrogen-bond donors (Lipinski definition) is 0. The molecule has 0 bridgehead atoms. The maximum atomic E-state index is 10.3. The van der Waals surface area contributed by atoms with Crippen LogP contribution in [0.4, 0.5) is 0 Å². The molecule has 3 nitrogen and oxygen atoms in total.